The summed E-state index contributed by atoms with van der Waals surface area (Å²) in [6.45, 7) is 3.21. The van der Waals surface area contributed by atoms with Crippen molar-refractivity contribution in [3.63, 3.8) is 0 Å². The molecular weight excluding hydrogens is 156 g/mol. The zero-order valence-corrected chi connectivity index (χ0v) is 7.08. The topological polar surface area (TPSA) is 39.4 Å². The molecule has 3 nitrogen and oxygen atoms in total. The lowest BCUT2D eigenvalue weighted by Crippen LogP contribution is -1.91. The Labute approximate surface area is 71.3 Å². The molecule has 0 atom stereocenters. The molecule has 0 bridgehead atoms. The van der Waals surface area contributed by atoms with E-state index in [1.165, 1.54) is 0 Å². The molecule has 1 rings (SSSR count). The molecule has 0 saturated heterocycles. The van der Waals surface area contributed by atoms with Crippen LogP contribution in [0.3, 0.4) is 0 Å². The fraction of sp³-hybridized carbons (Fsp3) is 0.444. The van der Waals surface area contributed by atoms with E-state index in [-0.39, 0.29) is 0 Å². The minimum atomic E-state index is 0.352. The first kappa shape index (κ1) is 9.00. The molecule has 0 saturated carbocycles. The lowest BCUT2D eigenvalue weighted by molar-refractivity contribution is 0.101. The highest BCUT2D eigenvalue weighted by Crippen LogP contribution is 2.06. The Balaban J connectivity index is 2.36. The number of hydrogen-bond acceptors (Lipinski definition) is 3. The third-order valence-corrected chi connectivity index (χ3v) is 1.39. The Kier molecular flexibility index (Phi) is 3.54. The Bertz CT molecular complexity index is 240. The summed E-state index contributed by atoms with van der Waals surface area (Å²) in [5, 5.41) is 0. The van der Waals surface area contributed by atoms with Gasteiger partial charge in [-0.15, -0.1) is 0 Å². The number of rotatable bonds is 5. The molecule has 0 aliphatic heterocycles. The SMILES string of the molecule is CCCOCc1ccc(C=O)o1. The molecule has 0 fully saturated rings. The molecular formula is C9H12O3. The zero-order valence-electron chi connectivity index (χ0n) is 7.08. The third-order valence-electron chi connectivity index (χ3n) is 1.39. The second-order valence-corrected chi connectivity index (χ2v) is 2.47. The van der Waals surface area contributed by atoms with Crippen LogP contribution in [-0.2, 0) is 11.3 Å². The Morgan fingerprint density at radius 1 is 1.58 bits per heavy atom. The van der Waals surface area contributed by atoms with Crippen LogP contribution in [0.1, 0.15) is 29.7 Å². The predicted octanol–water partition coefficient (Wildman–Crippen LogP) is 2.02. The highest BCUT2D eigenvalue weighted by Gasteiger charge is 1.99. The van der Waals surface area contributed by atoms with Crippen LogP contribution in [0.25, 0.3) is 0 Å². The summed E-state index contributed by atoms with van der Waals surface area (Å²) in [7, 11) is 0. The Morgan fingerprint density at radius 2 is 2.42 bits per heavy atom. The average Bonchev–Trinajstić information content (AvgIpc) is 2.53. The fourth-order valence-corrected chi connectivity index (χ4v) is 0.853. The standard InChI is InChI=1S/C9H12O3/c1-2-5-11-7-9-4-3-8(6-10)12-9/h3-4,6H,2,5,7H2,1H3. The van der Waals surface area contributed by atoms with Gasteiger partial charge in [0.25, 0.3) is 0 Å². The molecule has 0 radical (unpaired) electrons. The van der Waals surface area contributed by atoms with Gasteiger partial charge >= 0.3 is 0 Å². The summed E-state index contributed by atoms with van der Waals surface area (Å²) in [6.07, 6.45) is 1.67. The minimum Gasteiger partial charge on any atom is -0.456 e. The van der Waals surface area contributed by atoms with Gasteiger partial charge in [-0.25, -0.2) is 0 Å². The van der Waals surface area contributed by atoms with Crippen LogP contribution in [0.2, 0.25) is 0 Å². The van der Waals surface area contributed by atoms with Crippen LogP contribution >= 0.6 is 0 Å². The molecule has 3 heteroatoms. The van der Waals surface area contributed by atoms with E-state index >= 15 is 0 Å². The largest absolute Gasteiger partial charge is 0.456 e. The van der Waals surface area contributed by atoms with Crippen molar-refractivity contribution in [3.05, 3.63) is 23.7 Å². The number of furan rings is 1. The normalized spacial score (nSPS) is 10.1. The minimum absolute atomic E-state index is 0.352. The van der Waals surface area contributed by atoms with Gasteiger partial charge in [-0.05, 0) is 18.6 Å². The number of hydrogen-bond donors (Lipinski definition) is 0. The average molecular weight is 168 g/mol. The zero-order chi connectivity index (χ0) is 8.81. The van der Waals surface area contributed by atoms with Crippen molar-refractivity contribution < 1.29 is 13.9 Å². The molecule has 12 heavy (non-hydrogen) atoms. The summed E-state index contributed by atoms with van der Waals surface area (Å²) in [5.41, 5.74) is 0. The first-order valence-corrected chi connectivity index (χ1v) is 3.98. The van der Waals surface area contributed by atoms with Gasteiger partial charge in [0.2, 0.25) is 0 Å². The summed E-state index contributed by atoms with van der Waals surface area (Å²) < 4.78 is 10.3. The van der Waals surface area contributed by atoms with Gasteiger partial charge in [-0.2, -0.15) is 0 Å². The predicted molar refractivity (Wildman–Crippen MR) is 44.0 cm³/mol. The molecule has 1 aromatic rings. The molecule has 0 aliphatic carbocycles. The monoisotopic (exact) mass is 168 g/mol. The summed E-state index contributed by atoms with van der Waals surface area (Å²) in [4.78, 5) is 10.2. The maximum atomic E-state index is 10.2. The van der Waals surface area contributed by atoms with Crippen molar-refractivity contribution in [2.75, 3.05) is 6.61 Å². The maximum absolute atomic E-state index is 10.2. The third kappa shape index (κ3) is 2.51. The van der Waals surface area contributed by atoms with E-state index in [9.17, 15) is 4.79 Å². The number of carbonyl (C=O) groups excluding carboxylic acids is 1. The molecule has 1 heterocycles. The highest BCUT2D eigenvalue weighted by atomic mass is 16.5. The van der Waals surface area contributed by atoms with E-state index in [2.05, 4.69) is 0 Å². The summed E-state index contributed by atoms with van der Waals surface area (Å²) in [6, 6.07) is 3.39. The lowest BCUT2D eigenvalue weighted by atomic mass is 10.4. The van der Waals surface area contributed by atoms with E-state index < -0.39 is 0 Å². The molecule has 0 N–H and O–H groups in total. The van der Waals surface area contributed by atoms with Gasteiger partial charge in [-0.3, -0.25) is 4.79 Å². The molecule has 0 aliphatic rings. The van der Waals surface area contributed by atoms with E-state index in [0.29, 0.717) is 24.4 Å². The van der Waals surface area contributed by atoms with Crippen LogP contribution in [0.15, 0.2) is 16.5 Å². The van der Waals surface area contributed by atoms with Crippen LogP contribution in [0.4, 0.5) is 0 Å². The molecule has 0 spiro atoms. The second kappa shape index (κ2) is 4.72. The second-order valence-electron chi connectivity index (χ2n) is 2.47. The van der Waals surface area contributed by atoms with Gasteiger partial charge in [0, 0.05) is 6.61 Å². The number of carbonyl (C=O) groups is 1. The number of ether oxygens (including phenoxy) is 1. The van der Waals surface area contributed by atoms with Crippen molar-refractivity contribution in [1.29, 1.82) is 0 Å². The Morgan fingerprint density at radius 3 is 3.00 bits per heavy atom. The quantitative estimate of drug-likeness (QED) is 0.498. The lowest BCUT2D eigenvalue weighted by Gasteiger charge is -1.97. The van der Waals surface area contributed by atoms with Gasteiger partial charge < -0.3 is 9.15 Å². The molecule has 0 unspecified atom stereocenters. The van der Waals surface area contributed by atoms with Crippen molar-refractivity contribution >= 4 is 6.29 Å². The molecule has 0 amide bonds. The van der Waals surface area contributed by atoms with E-state index in [0.717, 1.165) is 13.0 Å². The number of aldehydes is 1. The van der Waals surface area contributed by atoms with Gasteiger partial charge in [-0.1, -0.05) is 6.92 Å². The Hall–Kier alpha value is -1.09. The van der Waals surface area contributed by atoms with Crippen LogP contribution in [-0.4, -0.2) is 12.9 Å². The van der Waals surface area contributed by atoms with Crippen molar-refractivity contribution in [2.24, 2.45) is 0 Å². The fourth-order valence-electron chi connectivity index (χ4n) is 0.853. The highest BCUT2D eigenvalue weighted by molar-refractivity contribution is 5.70. The van der Waals surface area contributed by atoms with Crippen LogP contribution in [0, 0.1) is 0 Å². The first-order valence-electron chi connectivity index (χ1n) is 3.98. The van der Waals surface area contributed by atoms with Crippen LogP contribution in [0.5, 0.6) is 0 Å². The van der Waals surface area contributed by atoms with Gasteiger partial charge in [0.15, 0.2) is 12.0 Å². The smallest absolute Gasteiger partial charge is 0.185 e. The van der Waals surface area contributed by atoms with E-state index in [4.69, 9.17) is 9.15 Å². The molecule has 0 aromatic carbocycles. The summed E-state index contributed by atoms with van der Waals surface area (Å²) in [5.74, 6) is 1.05. The van der Waals surface area contributed by atoms with E-state index in [1.807, 2.05) is 6.92 Å². The summed E-state index contributed by atoms with van der Waals surface area (Å²) >= 11 is 0. The van der Waals surface area contributed by atoms with Gasteiger partial charge in [0.1, 0.15) is 12.4 Å². The van der Waals surface area contributed by atoms with E-state index in [1.54, 1.807) is 12.1 Å². The maximum Gasteiger partial charge on any atom is 0.185 e. The molecule has 1 aromatic heterocycles. The van der Waals surface area contributed by atoms with Gasteiger partial charge in [0.05, 0.1) is 0 Å². The molecule has 66 valence electrons. The van der Waals surface area contributed by atoms with Crippen LogP contribution < -0.4 is 0 Å². The first-order chi connectivity index (χ1) is 5.86. The van der Waals surface area contributed by atoms with Crippen molar-refractivity contribution in [2.45, 2.75) is 20.0 Å². The van der Waals surface area contributed by atoms with Crippen molar-refractivity contribution in [1.82, 2.24) is 0 Å². The van der Waals surface area contributed by atoms with Crippen molar-refractivity contribution in [3.8, 4) is 0 Å².